The van der Waals surface area contributed by atoms with E-state index in [1.54, 1.807) is 66.8 Å². The monoisotopic (exact) mass is 883 g/mol. The van der Waals surface area contributed by atoms with Crippen molar-refractivity contribution < 1.29 is 124 Å². The molecule has 0 amide bonds. The first-order valence-corrected chi connectivity index (χ1v) is 23.9. The first-order chi connectivity index (χ1) is 27.3. The summed E-state index contributed by atoms with van der Waals surface area (Å²) in [5.74, 6) is 22.1. The van der Waals surface area contributed by atoms with Crippen LogP contribution < -0.4 is 108 Å². The number of benzene rings is 3. The van der Waals surface area contributed by atoms with Gasteiger partial charge in [0.2, 0.25) is 0 Å². The van der Waals surface area contributed by atoms with Crippen LogP contribution in [0.4, 0.5) is 0 Å². The summed E-state index contributed by atoms with van der Waals surface area (Å²) < 4.78 is 0. The normalized spacial score (nSPS) is 8.49. The second-order valence-corrected chi connectivity index (χ2v) is 21.8. The fourth-order valence-electron chi connectivity index (χ4n) is 3.05. The maximum atomic E-state index is 8.90. The molecule has 0 aliphatic carbocycles. The second kappa shape index (κ2) is 43.7. The third kappa shape index (κ3) is 40.7. The molecular formula is C47H44ClK2N3O4Si2. The molecule has 0 aliphatic heterocycles. The van der Waals surface area contributed by atoms with Gasteiger partial charge in [-0.1, -0.05) is 135 Å². The molecule has 12 heteroatoms. The fraction of sp³-hybridized carbons (Fsp3) is 0.149. The second-order valence-electron chi connectivity index (χ2n) is 12.0. The van der Waals surface area contributed by atoms with Crippen molar-refractivity contribution in [3.05, 3.63) is 142 Å². The molecule has 288 valence electrons. The summed E-state index contributed by atoms with van der Waals surface area (Å²) in [6.45, 7) is 13.0. The Balaban J connectivity index is -0.000000157. The largest absolute Gasteiger partial charge is 1.00 e. The molecule has 7 nitrogen and oxygen atoms in total. The molecule has 0 radical (unpaired) electrons. The van der Waals surface area contributed by atoms with Crippen molar-refractivity contribution in [2.24, 2.45) is 0 Å². The molecule has 0 saturated carbocycles. The van der Waals surface area contributed by atoms with Gasteiger partial charge in [0.05, 0.1) is 16.7 Å². The minimum absolute atomic E-state index is 0. The van der Waals surface area contributed by atoms with Crippen LogP contribution in [0.3, 0.4) is 0 Å². The number of nitriles is 3. The van der Waals surface area contributed by atoms with Gasteiger partial charge in [0, 0.05) is 29.3 Å². The van der Waals surface area contributed by atoms with E-state index < -0.39 is 16.1 Å². The molecule has 0 fully saturated rings. The van der Waals surface area contributed by atoms with Gasteiger partial charge in [0.25, 0.3) is 6.47 Å². The number of aliphatic hydroxyl groups is 1. The van der Waals surface area contributed by atoms with E-state index in [0.29, 0.717) is 22.3 Å². The molecule has 0 unspecified atom stereocenters. The van der Waals surface area contributed by atoms with Crippen LogP contribution >= 0.6 is 11.6 Å². The number of carbonyl (C=O) groups is 1. The maximum Gasteiger partial charge on any atom is 1.00 e. The molecule has 0 aliphatic rings. The molecule has 0 bridgehead atoms. The van der Waals surface area contributed by atoms with Crippen LogP contribution in [0, 0.1) is 105 Å². The Bertz CT molecular complexity index is 2240. The quantitative estimate of drug-likeness (QED) is 0.129. The Labute approximate surface area is 445 Å². The summed E-state index contributed by atoms with van der Waals surface area (Å²) in [5, 5.41) is 41.6. The van der Waals surface area contributed by atoms with Gasteiger partial charge in [-0.15, -0.1) is 23.9 Å². The molecule has 0 heterocycles. The number of rotatable bonds is 1. The molecular weight excluding hydrogens is 840 g/mol. The molecule has 1 N–H and O–H groups in total. The van der Waals surface area contributed by atoms with Crippen molar-refractivity contribution in [2.75, 3.05) is 7.11 Å². The summed E-state index contributed by atoms with van der Waals surface area (Å²) in [6, 6.07) is 27.7. The standard InChI is InChI=1S/C16H15NSi.C13H7N.C9H5N.C7H11ClSi.CH2O3.CH4O.2K.H/c1-18(2,3)13-9-5-4-6-10-15-11-7-8-12-16(15)14-17;1-2-3-4-5-8-12-9-6-7-10-13(12)11-14;1-2-8-5-3-4-6-9(8)7-10;1-9(2,3)7-5-4-6-8;2-1-4-3;1-2;;;/h4-5,7-8,11-12H,1-3H3;1,3-4,6-7,9-10H;1,3-6H;4,6H,1-3H3;1,3H;2H,1H3;;;/q;;;;;;2*+1;-1/p-1/b5-4-;4-3-;;6-4-;;;;;. The van der Waals surface area contributed by atoms with Crippen LogP contribution in [0.5, 0.6) is 0 Å². The molecule has 3 aromatic rings. The van der Waals surface area contributed by atoms with Crippen molar-refractivity contribution in [3.63, 3.8) is 0 Å². The molecule has 0 spiro atoms. The van der Waals surface area contributed by atoms with Gasteiger partial charge in [-0.05, 0) is 66.8 Å². The van der Waals surface area contributed by atoms with E-state index >= 15 is 0 Å². The van der Waals surface area contributed by atoms with Gasteiger partial charge in [0.15, 0.2) is 0 Å². The van der Waals surface area contributed by atoms with Gasteiger partial charge < -0.3 is 16.7 Å². The van der Waals surface area contributed by atoms with Crippen molar-refractivity contribution in [3.8, 4) is 89.5 Å². The molecule has 0 atom stereocenters. The topological polar surface area (TPSA) is 141 Å². The third-order valence-corrected chi connectivity index (χ3v) is 7.22. The maximum absolute atomic E-state index is 8.90. The number of nitrogens with zero attached hydrogens (tertiary/aromatic N) is 3. The Morgan fingerprint density at radius 1 is 0.610 bits per heavy atom. The van der Waals surface area contributed by atoms with Crippen molar-refractivity contribution >= 4 is 34.2 Å². The minimum atomic E-state index is -1.30. The van der Waals surface area contributed by atoms with E-state index in [9.17, 15) is 0 Å². The molecule has 3 rings (SSSR count). The average Bonchev–Trinajstić information content (AvgIpc) is 3.21. The van der Waals surface area contributed by atoms with Gasteiger partial charge in [-0.25, -0.2) is 0 Å². The summed E-state index contributed by atoms with van der Waals surface area (Å²) in [7, 11) is -1.47. The predicted octanol–water partition coefficient (Wildman–Crippen LogP) is 1.77. The van der Waals surface area contributed by atoms with Crippen LogP contribution in [-0.4, -0.2) is 34.8 Å². The molecule has 0 saturated heterocycles. The number of carbonyl (C=O) groups excluding carboxylic acids is 1. The number of terminal acetylenes is 2. The molecule has 59 heavy (non-hydrogen) atoms. The Hall–Kier alpha value is -3.90. The van der Waals surface area contributed by atoms with E-state index in [0.717, 1.165) is 18.2 Å². The summed E-state index contributed by atoms with van der Waals surface area (Å²) in [5.41, 5.74) is 11.7. The summed E-state index contributed by atoms with van der Waals surface area (Å²) in [6.07, 6.45) is 18.4. The van der Waals surface area contributed by atoms with Crippen molar-refractivity contribution in [1.82, 2.24) is 0 Å². The zero-order valence-corrected chi connectivity index (χ0v) is 44.0. The molecule has 3 aromatic carbocycles. The van der Waals surface area contributed by atoms with E-state index in [-0.39, 0.29) is 111 Å². The van der Waals surface area contributed by atoms with E-state index in [1.807, 2.05) is 36.4 Å². The van der Waals surface area contributed by atoms with Gasteiger partial charge >= 0.3 is 103 Å². The summed E-state index contributed by atoms with van der Waals surface area (Å²) >= 11 is 5.26. The van der Waals surface area contributed by atoms with Crippen LogP contribution in [0.15, 0.2) is 109 Å². The first-order valence-electron chi connectivity index (χ1n) is 16.5. The Morgan fingerprint density at radius 3 is 1.20 bits per heavy atom. The zero-order valence-electron chi connectivity index (χ0n) is 36.0. The number of aliphatic hydroxyl groups excluding tert-OH is 1. The van der Waals surface area contributed by atoms with Crippen LogP contribution in [0.2, 0.25) is 39.3 Å². The number of allylic oxidation sites excluding steroid dienone is 5. The van der Waals surface area contributed by atoms with Gasteiger partial charge in [-0.2, -0.15) is 15.8 Å². The smallest absolute Gasteiger partial charge is 1.00 e. The van der Waals surface area contributed by atoms with E-state index in [2.05, 4.69) is 115 Å². The zero-order chi connectivity index (χ0) is 43.8. The fourth-order valence-corrected chi connectivity index (χ4v) is 4.14. The SMILES string of the molecule is C#C/C=C\C#Cc1ccccc1C#N.C#Cc1ccccc1C#N.CO.C[Si](C)(C)C#C/C=C\C#Cc1ccccc1C#N.C[Si](C)(C)C#C/C=C\Cl.O=CO[O-].[H-].[K+].[K+]. The number of hydrogen-bond donors (Lipinski definition) is 1. The van der Waals surface area contributed by atoms with E-state index in [4.69, 9.17) is 55.4 Å². The number of hydrogen-bond acceptors (Lipinski definition) is 7. The van der Waals surface area contributed by atoms with Gasteiger partial charge in [-0.3, -0.25) is 4.79 Å². The van der Waals surface area contributed by atoms with Crippen molar-refractivity contribution in [1.29, 1.82) is 15.8 Å². The van der Waals surface area contributed by atoms with Gasteiger partial charge in [0.1, 0.15) is 34.4 Å². The Morgan fingerprint density at radius 2 is 0.915 bits per heavy atom. The third-order valence-electron chi connectivity index (χ3n) is 5.30. The van der Waals surface area contributed by atoms with E-state index in [1.165, 1.54) is 11.6 Å². The van der Waals surface area contributed by atoms with Crippen molar-refractivity contribution in [2.45, 2.75) is 39.3 Å². The average molecular weight is 885 g/mol. The van der Waals surface area contributed by atoms with Crippen LogP contribution in [0.25, 0.3) is 0 Å². The molecule has 0 aromatic heterocycles. The van der Waals surface area contributed by atoms with Crippen LogP contribution in [0.1, 0.15) is 34.8 Å². The summed E-state index contributed by atoms with van der Waals surface area (Å²) in [4.78, 5) is 11.2. The van der Waals surface area contributed by atoms with Crippen LogP contribution in [-0.2, 0) is 9.68 Å². The predicted molar refractivity (Wildman–Crippen MR) is 236 cm³/mol. The first kappa shape index (κ1) is 64.2. The Kier molecular flexibility index (Phi) is 47.6. The minimum Gasteiger partial charge on any atom is -1.00 e. The number of halogens is 1.